The fourth-order valence-corrected chi connectivity index (χ4v) is 3.07. The lowest BCUT2D eigenvalue weighted by Gasteiger charge is -2.27. The van der Waals surface area contributed by atoms with E-state index in [-0.39, 0.29) is 11.9 Å². The summed E-state index contributed by atoms with van der Waals surface area (Å²) in [5, 5.41) is 21.0. The van der Waals surface area contributed by atoms with Gasteiger partial charge >= 0.3 is 5.97 Å². The Kier molecular flexibility index (Phi) is 6.16. The summed E-state index contributed by atoms with van der Waals surface area (Å²) in [4.78, 5) is 23.9. The average Bonchev–Trinajstić information content (AvgIpc) is 2.50. The number of nitriles is 1. The van der Waals surface area contributed by atoms with Crippen LogP contribution in [0.25, 0.3) is 0 Å². The van der Waals surface area contributed by atoms with Crippen molar-refractivity contribution in [1.29, 1.82) is 5.26 Å². The minimum atomic E-state index is -0.832. The Hall–Kier alpha value is -2.35. The fraction of sp³-hybridized carbons (Fsp3) is 0.500. The number of carboxylic acid groups (broad SMARTS) is 1. The van der Waals surface area contributed by atoms with E-state index in [1.165, 1.54) is 0 Å². The smallest absolute Gasteiger partial charge is 0.308 e. The van der Waals surface area contributed by atoms with E-state index < -0.39 is 11.9 Å². The van der Waals surface area contributed by atoms with Crippen molar-refractivity contribution < 1.29 is 14.7 Å². The molecule has 1 aromatic carbocycles. The van der Waals surface area contributed by atoms with Gasteiger partial charge in [-0.2, -0.15) is 5.26 Å². The Labute approximate surface area is 136 Å². The van der Waals surface area contributed by atoms with Gasteiger partial charge in [-0.1, -0.05) is 37.8 Å². The highest BCUT2D eigenvalue weighted by molar-refractivity contribution is 5.94. The Morgan fingerprint density at radius 2 is 1.78 bits per heavy atom. The number of carboxylic acids is 1. The van der Waals surface area contributed by atoms with E-state index in [9.17, 15) is 14.7 Å². The Morgan fingerprint density at radius 1 is 1.13 bits per heavy atom. The van der Waals surface area contributed by atoms with Gasteiger partial charge in [-0.05, 0) is 30.5 Å². The highest BCUT2D eigenvalue weighted by Gasteiger charge is 2.30. The maximum atomic E-state index is 12.4. The van der Waals surface area contributed by atoms with Crippen LogP contribution in [-0.2, 0) is 11.2 Å². The number of hydrogen-bond acceptors (Lipinski definition) is 3. The quantitative estimate of drug-likeness (QED) is 0.894. The van der Waals surface area contributed by atoms with Crippen LogP contribution in [0.2, 0.25) is 0 Å². The first kappa shape index (κ1) is 17.0. The summed E-state index contributed by atoms with van der Waals surface area (Å²) < 4.78 is 0. The zero-order valence-corrected chi connectivity index (χ0v) is 13.1. The molecule has 1 aliphatic carbocycles. The molecule has 1 aromatic rings. The van der Waals surface area contributed by atoms with Crippen LogP contribution in [0.5, 0.6) is 0 Å². The molecule has 0 heterocycles. The third kappa shape index (κ3) is 4.82. The van der Waals surface area contributed by atoms with E-state index in [2.05, 4.69) is 11.4 Å². The molecular weight excluding hydrogens is 292 g/mol. The number of aliphatic carboxylic acids is 1. The Balaban J connectivity index is 2.06. The van der Waals surface area contributed by atoms with E-state index in [4.69, 9.17) is 5.26 Å². The molecule has 0 aliphatic heterocycles. The monoisotopic (exact) mass is 314 g/mol. The predicted octanol–water partition coefficient (Wildman–Crippen LogP) is 2.91. The fourth-order valence-electron chi connectivity index (χ4n) is 3.07. The zero-order chi connectivity index (χ0) is 16.7. The minimum absolute atomic E-state index is 0.245. The van der Waals surface area contributed by atoms with Crippen LogP contribution in [0.4, 0.5) is 0 Å². The molecule has 5 nitrogen and oxygen atoms in total. The Morgan fingerprint density at radius 3 is 2.39 bits per heavy atom. The molecule has 2 unspecified atom stereocenters. The summed E-state index contributed by atoms with van der Waals surface area (Å²) in [6, 6.07) is 8.62. The van der Waals surface area contributed by atoms with E-state index in [0.29, 0.717) is 24.8 Å². The van der Waals surface area contributed by atoms with Crippen LogP contribution in [0.15, 0.2) is 24.3 Å². The van der Waals surface area contributed by atoms with Crippen molar-refractivity contribution in [2.75, 3.05) is 0 Å². The van der Waals surface area contributed by atoms with Crippen LogP contribution in [0.3, 0.4) is 0 Å². The molecule has 1 amide bonds. The van der Waals surface area contributed by atoms with Gasteiger partial charge < -0.3 is 10.4 Å². The highest BCUT2D eigenvalue weighted by atomic mass is 16.4. The molecule has 0 radical (unpaired) electrons. The predicted molar refractivity (Wildman–Crippen MR) is 85.8 cm³/mol. The van der Waals surface area contributed by atoms with Crippen LogP contribution >= 0.6 is 0 Å². The summed E-state index contributed by atoms with van der Waals surface area (Å²) >= 11 is 0. The summed E-state index contributed by atoms with van der Waals surface area (Å²) in [7, 11) is 0. The van der Waals surface area contributed by atoms with Gasteiger partial charge in [0.15, 0.2) is 0 Å². The zero-order valence-electron chi connectivity index (χ0n) is 13.1. The number of carbonyl (C=O) groups excluding carboxylic acids is 1. The lowest BCUT2D eigenvalue weighted by molar-refractivity contribution is -0.143. The topological polar surface area (TPSA) is 90.2 Å². The molecular formula is C18H22N2O3. The van der Waals surface area contributed by atoms with Crippen LogP contribution in [0.1, 0.15) is 54.4 Å². The van der Waals surface area contributed by atoms with Crippen molar-refractivity contribution >= 4 is 11.9 Å². The number of amides is 1. The van der Waals surface area contributed by atoms with Crippen molar-refractivity contribution in [2.24, 2.45) is 5.92 Å². The number of nitrogens with zero attached hydrogens (tertiary/aromatic N) is 1. The van der Waals surface area contributed by atoms with E-state index in [0.717, 1.165) is 31.2 Å². The summed E-state index contributed by atoms with van der Waals surface area (Å²) in [6.07, 6.45) is 5.61. The van der Waals surface area contributed by atoms with Gasteiger partial charge in [0.1, 0.15) is 0 Å². The Bertz CT molecular complexity index is 589. The molecule has 1 saturated carbocycles. The van der Waals surface area contributed by atoms with E-state index in [1.54, 1.807) is 24.3 Å². The first-order valence-electron chi connectivity index (χ1n) is 8.11. The number of benzene rings is 1. The first-order chi connectivity index (χ1) is 11.1. The summed E-state index contributed by atoms with van der Waals surface area (Å²) in [5.74, 6) is -1.59. The molecule has 5 heteroatoms. The number of rotatable bonds is 4. The first-order valence-corrected chi connectivity index (χ1v) is 8.11. The number of carbonyl (C=O) groups is 2. The molecule has 2 N–H and O–H groups in total. The van der Waals surface area contributed by atoms with Crippen molar-refractivity contribution in [1.82, 2.24) is 5.32 Å². The lowest BCUT2D eigenvalue weighted by Crippen LogP contribution is -2.43. The van der Waals surface area contributed by atoms with Crippen LogP contribution in [0, 0.1) is 17.2 Å². The van der Waals surface area contributed by atoms with Gasteiger partial charge in [-0.3, -0.25) is 9.59 Å². The molecule has 23 heavy (non-hydrogen) atoms. The van der Waals surface area contributed by atoms with Gasteiger partial charge in [-0.25, -0.2) is 0 Å². The normalized spacial score (nSPS) is 21.5. The van der Waals surface area contributed by atoms with Gasteiger partial charge in [-0.15, -0.1) is 0 Å². The largest absolute Gasteiger partial charge is 0.481 e. The third-order valence-electron chi connectivity index (χ3n) is 4.40. The molecule has 1 fully saturated rings. The number of hydrogen-bond donors (Lipinski definition) is 2. The number of nitrogens with one attached hydrogen (secondary N) is 1. The van der Waals surface area contributed by atoms with Crippen LogP contribution < -0.4 is 5.32 Å². The molecule has 1 aliphatic rings. The molecule has 122 valence electrons. The summed E-state index contributed by atoms with van der Waals surface area (Å²) in [5.41, 5.74) is 1.36. The molecule has 2 rings (SSSR count). The molecule has 0 aromatic heterocycles. The standard InChI is InChI=1S/C18H22N2O3/c19-12-11-13-7-9-14(10-8-13)17(21)20-16-6-4-2-1-3-5-15(16)18(22)23/h7-10,15-16H,1-6,11H2,(H,20,21)(H,22,23). The van der Waals surface area contributed by atoms with Gasteiger partial charge in [0, 0.05) is 11.6 Å². The van der Waals surface area contributed by atoms with Crippen molar-refractivity contribution in [3.05, 3.63) is 35.4 Å². The van der Waals surface area contributed by atoms with E-state index in [1.807, 2.05) is 0 Å². The second-order valence-corrected chi connectivity index (χ2v) is 6.05. The molecule has 0 spiro atoms. The second kappa shape index (κ2) is 8.33. The second-order valence-electron chi connectivity index (χ2n) is 6.05. The average molecular weight is 314 g/mol. The maximum absolute atomic E-state index is 12.4. The lowest BCUT2D eigenvalue weighted by atomic mass is 9.86. The minimum Gasteiger partial charge on any atom is -0.481 e. The molecule has 0 saturated heterocycles. The van der Waals surface area contributed by atoms with Crippen molar-refractivity contribution in [3.8, 4) is 6.07 Å². The van der Waals surface area contributed by atoms with Gasteiger partial charge in [0.2, 0.25) is 0 Å². The highest BCUT2D eigenvalue weighted by Crippen LogP contribution is 2.23. The van der Waals surface area contributed by atoms with Crippen LogP contribution in [-0.4, -0.2) is 23.0 Å². The van der Waals surface area contributed by atoms with Crippen molar-refractivity contribution in [3.63, 3.8) is 0 Å². The molecule has 2 atom stereocenters. The maximum Gasteiger partial charge on any atom is 0.308 e. The SMILES string of the molecule is N#CCc1ccc(C(=O)NC2CCCCCCC2C(=O)O)cc1. The third-order valence-corrected chi connectivity index (χ3v) is 4.40. The van der Waals surface area contributed by atoms with Crippen molar-refractivity contribution in [2.45, 2.75) is 51.0 Å². The van der Waals surface area contributed by atoms with E-state index >= 15 is 0 Å². The summed E-state index contributed by atoms with van der Waals surface area (Å²) in [6.45, 7) is 0. The molecule has 0 bridgehead atoms. The van der Waals surface area contributed by atoms with Gasteiger partial charge in [0.25, 0.3) is 5.91 Å². The van der Waals surface area contributed by atoms with Gasteiger partial charge in [0.05, 0.1) is 18.4 Å².